The largest absolute Gasteiger partial charge is 0.508 e. The molecule has 0 aromatic heterocycles. The van der Waals surface area contributed by atoms with Crippen LogP contribution >= 0.6 is 0 Å². The van der Waals surface area contributed by atoms with Gasteiger partial charge in [-0.05, 0) is 24.3 Å². The number of phenols is 2. The average molecular weight is 382 g/mol. The van der Waals surface area contributed by atoms with E-state index in [1.54, 1.807) is 48.5 Å². The van der Waals surface area contributed by atoms with E-state index in [9.17, 15) is 0 Å². The fraction of sp³-hybridized carbons (Fsp3) is 0.333. The molecule has 0 aliphatic heterocycles. The number of aromatic hydroxyl groups is 2. The van der Waals surface area contributed by atoms with Crippen molar-refractivity contribution in [2.45, 2.75) is 39.3 Å². The van der Waals surface area contributed by atoms with E-state index in [1.165, 1.54) is 0 Å². The van der Waals surface area contributed by atoms with Crippen molar-refractivity contribution < 1.29 is 31.9 Å². The molecule has 0 spiro atoms. The zero-order valence-corrected chi connectivity index (χ0v) is 18.7. The van der Waals surface area contributed by atoms with Crippen LogP contribution in [0.1, 0.15) is 0 Å². The summed E-state index contributed by atoms with van der Waals surface area (Å²) in [7, 11) is 0.241. The third kappa shape index (κ3) is 33.8. The molecule has 5 heteroatoms. The van der Waals surface area contributed by atoms with Gasteiger partial charge in [0.25, 0.3) is 0 Å². The predicted octanol–water partition coefficient (Wildman–Crippen LogP) is 5.52. The molecule has 0 bridgehead atoms. The molecule has 2 rings (SSSR count). The third-order valence-corrected chi connectivity index (χ3v) is 1.51. The Labute approximate surface area is 160 Å². The van der Waals surface area contributed by atoms with Crippen LogP contribution in [0.3, 0.4) is 0 Å². The zero-order valence-electron chi connectivity index (χ0n) is 15.2. The summed E-state index contributed by atoms with van der Waals surface area (Å²) in [6.07, 6.45) is 0. The topological polar surface area (TPSA) is 40.5 Å². The number of hydrogen-bond acceptors (Lipinski definition) is 2. The second kappa shape index (κ2) is 19.2. The molecular formula is C18H30O2Si2Ti. The van der Waals surface area contributed by atoms with Crippen LogP contribution in [-0.4, -0.2) is 27.8 Å². The smallest absolute Gasteiger partial charge is 0.115 e. The molecule has 0 fully saturated rings. The Kier molecular flexibility index (Phi) is 22.6. The van der Waals surface area contributed by atoms with Gasteiger partial charge in [0, 0.05) is 39.3 Å². The summed E-state index contributed by atoms with van der Waals surface area (Å²) in [6, 6.07) is 17.4. The third-order valence-electron chi connectivity index (χ3n) is 1.51. The van der Waals surface area contributed by atoms with E-state index in [0.717, 1.165) is 0 Å². The van der Waals surface area contributed by atoms with E-state index in [1.807, 2.05) is 12.1 Å². The predicted molar refractivity (Wildman–Crippen MR) is 103 cm³/mol. The number of rotatable bonds is 0. The van der Waals surface area contributed by atoms with Crippen molar-refractivity contribution in [3.05, 3.63) is 60.7 Å². The summed E-state index contributed by atoms with van der Waals surface area (Å²) in [5.41, 5.74) is 0. The standard InChI is InChI=1S/2C6H6O.2C3H9Si.Ti/c2*7-6-4-2-1-3-5-6;2*1-4(2)3;/h2*1-5,7H;2*1-3H3;. The zero-order chi connectivity index (χ0) is 17.4. The quantitative estimate of drug-likeness (QED) is 0.589. The first kappa shape index (κ1) is 27.1. The second-order valence-electron chi connectivity index (χ2n) is 5.67. The molecule has 0 amide bonds. The van der Waals surface area contributed by atoms with Gasteiger partial charge in [0.1, 0.15) is 11.5 Å². The summed E-state index contributed by atoms with van der Waals surface area (Å²) in [5, 5.41) is 17.3. The van der Waals surface area contributed by atoms with Crippen molar-refractivity contribution in [2.24, 2.45) is 0 Å². The molecule has 126 valence electrons. The molecule has 23 heavy (non-hydrogen) atoms. The maximum absolute atomic E-state index is 8.63. The van der Waals surface area contributed by atoms with Gasteiger partial charge in [0.15, 0.2) is 0 Å². The van der Waals surface area contributed by atoms with Gasteiger partial charge >= 0.3 is 0 Å². The van der Waals surface area contributed by atoms with Crippen molar-refractivity contribution in [1.82, 2.24) is 0 Å². The van der Waals surface area contributed by atoms with Gasteiger partial charge in [0.2, 0.25) is 0 Å². The summed E-state index contributed by atoms with van der Waals surface area (Å²) in [4.78, 5) is 0. The van der Waals surface area contributed by atoms with Crippen LogP contribution in [0.2, 0.25) is 39.3 Å². The van der Waals surface area contributed by atoms with Crippen LogP contribution in [0.5, 0.6) is 11.5 Å². The fourth-order valence-electron chi connectivity index (χ4n) is 0.856. The minimum absolute atomic E-state index is 0. The van der Waals surface area contributed by atoms with Crippen LogP contribution in [-0.2, 0) is 21.7 Å². The number of hydrogen-bond donors (Lipinski definition) is 2. The Morgan fingerprint density at radius 1 is 0.522 bits per heavy atom. The van der Waals surface area contributed by atoms with E-state index in [4.69, 9.17) is 10.2 Å². The Balaban J connectivity index is -0.000000238. The van der Waals surface area contributed by atoms with Crippen molar-refractivity contribution in [1.29, 1.82) is 0 Å². The average Bonchev–Trinajstić information content (AvgIpc) is 2.40. The maximum atomic E-state index is 8.63. The van der Waals surface area contributed by atoms with Gasteiger partial charge in [-0.25, -0.2) is 0 Å². The molecule has 2 aromatic carbocycles. The Morgan fingerprint density at radius 3 is 0.783 bits per heavy atom. The van der Waals surface area contributed by atoms with Crippen molar-refractivity contribution in [2.75, 3.05) is 0 Å². The van der Waals surface area contributed by atoms with Gasteiger partial charge in [-0.3, -0.25) is 0 Å². The maximum Gasteiger partial charge on any atom is 0.115 e. The van der Waals surface area contributed by atoms with E-state index >= 15 is 0 Å². The number of phenolic OH excluding ortho intramolecular Hbond substituents is 2. The molecule has 0 saturated heterocycles. The second-order valence-corrected chi connectivity index (χ2v) is 11.7. The van der Waals surface area contributed by atoms with Crippen LogP contribution in [0.4, 0.5) is 0 Å². The first-order valence-corrected chi connectivity index (χ1v) is 13.3. The van der Waals surface area contributed by atoms with Crippen molar-refractivity contribution in [3.63, 3.8) is 0 Å². The SMILES string of the molecule is C[Si](C)C.C[Si](C)C.Oc1ccccc1.Oc1ccccc1.[Ti]. The summed E-state index contributed by atoms with van der Waals surface area (Å²) in [5.74, 6) is 0.644. The molecule has 0 saturated carbocycles. The van der Waals surface area contributed by atoms with Crippen LogP contribution < -0.4 is 0 Å². The molecular weight excluding hydrogens is 352 g/mol. The van der Waals surface area contributed by atoms with E-state index in [2.05, 4.69) is 39.3 Å². The number of para-hydroxylation sites is 2. The van der Waals surface area contributed by atoms with Crippen LogP contribution in [0.25, 0.3) is 0 Å². The van der Waals surface area contributed by atoms with Crippen molar-refractivity contribution in [3.8, 4) is 11.5 Å². The molecule has 2 aromatic rings. The molecule has 0 aliphatic carbocycles. The summed E-state index contributed by atoms with van der Waals surface area (Å²) in [6.45, 7) is 13.6. The molecule has 0 heterocycles. The van der Waals surface area contributed by atoms with Crippen molar-refractivity contribution >= 4 is 17.6 Å². The fourth-order valence-corrected chi connectivity index (χ4v) is 0.856. The van der Waals surface area contributed by atoms with Gasteiger partial charge in [-0.2, -0.15) is 0 Å². The first-order chi connectivity index (χ1) is 10.3. The van der Waals surface area contributed by atoms with E-state index < -0.39 is 0 Å². The summed E-state index contributed by atoms with van der Waals surface area (Å²) < 4.78 is 0. The minimum atomic E-state index is 0. The molecule has 2 radical (unpaired) electrons. The number of benzene rings is 2. The van der Waals surface area contributed by atoms with E-state index in [-0.39, 0.29) is 39.3 Å². The normalized spacial score (nSPS) is 8.35. The summed E-state index contributed by atoms with van der Waals surface area (Å²) >= 11 is 0. The van der Waals surface area contributed by atoms with Gasteiger partial charge in [-0.15, -0.1) is 0 Å². The monoisotopic (exact) mass is 382 g/mol. The minimum Gasteiger partial charge on any atom is -0.508 e. The molecule has 0 aliphatic rings. The molecule has 2 nitrogen and oxygen atoms in total. The van der Waals surface area contributed by atoms with Crippen LogP contribution in [0.15, 0.2) is 60.7 Å². The van der Waals surface area contributed by atoms with E-state index in [0.29, 0.717) is 11.5 Å². The molecule has 0 unspecified atom stereocenters. The Morgan fingerprint density at radius 2 is 0.696 bits per heavy atom. The Bertz CT molecular complexity index is 388. The Hall–Kier alpha value is -0.812. The van der Waals surface area contributed by atoms with Gasteiger partial charge in [0.05, 0.1) is 0 Å². The first-order valence-electron chi connectivity index (χ1n) is 7.27. The van der Waals surface area contributed by atoms with Crippen LogP contribution in [0, 0.1) is 0 Å². The molecule has 2 N–H and O–H groups in total. The van der Waals surface area contributed by atoms with Gasteiger partial charge < -0.3 is 10.2 Å². The molecule has 0 atom stereocenters. The van der Waals surface area contributed by atoms with Gasteiger partial charge in [-0.1, -0.05) is 75.7 Å².